The van der Waals surface area contributed by atoms with Crippen molar-refractivity contribution < 1.29 is 24.2 Å². The molecule has 2 aliphatic rings. The summed E-state index contributed by atoms with van der Waals surface area (Å²) in [7, 11) is 0. The van der Waals surface area contributed by atoms with Crippen LogP contribution in [0.15, 0.2) is 11.6 Å². The molecule has 0 radical (unpaired) electrons. The molecule has 18 heavy (non-hydrogen) atoms. The highest BCUT2D eigenvalue weighted by molar-refractivity contribution is 5.97. The van der Waals surface area contributed by atoms with Gasteiger partial charge in [-0.25, -0.2) is 4.79 Å². The number of ether oxygens (including phenoxy) is 1. The third-order valence-electron chi connectivity index (χ3n) is 3.70. The number of Topliss-reactive ketones (excluding diaryl/α,β-unsaturated/α-hetero) is 1. The van der Waals surface area contributed by atoms with Crippen molar-refractivity contribution in [2.75, 3.05) is 0 Å². The number of cyclic esters (lactones) is 1. The maximum atomic E-state index is 12.1. The number of carboxylic acids is 1. The Bertz CT molecular complexity index is 423. The predicted octanol–water partition coefficient (Wildman–Crippen LogP) is 1.32. The lowest BCUT2D eigenvalue weighted by Gasteiger charge is -2.35. The van der Waals surface area contributed by atoms with Gasteiger partial charge in [0.15, 0.2) is 11.9 Å². The number of aliphatic carboxylic acids is 1. The van der Waals surface area contributed by atoms with E-state index in [9.17, 15) is 14.4 Å². The fraction of sp³-hybridized carbons (Fsp3) is 0.615. The van der Waals surface area contributed by atoms with Crippen LogP contribution in [0, 0.1) is 11.8 Å². The Balaban J connectivity index is 2.20. The lowest BCUT2D eigenvalue weighted by atomic mass is 9.74. The van der Waals surface area contributed by atoms with E-state index in [0.717, 1.165) is 12.8 Å². The molecule has 0 aromatic heterocycles. The summed E-state index contributed by atoms with van der Waals surface area (Å²) < 4.78 is 5.06. The molecule has 5 nitrogen and oxygen atoms in total. The summed E-state index contributed by atoms with van der Waals surface area (Å²) in [5, 5.41) is 8.78. The molecule has 0 aromatic rings. The second-order valence-electron chi connectivity index (χ2n) is 4.91. The molecule has 1 aliphatic heterocycles. The van der Waals surface area contributed by atoms with Crippen molar-refractivity contribution in [1.82, 2.24) is 0 Å². The van der Waals surface area contributed by atoms with Crippen molar-refractivity contribution in [3.63, 3.8) is 0 Å². The maximum absolute atomic E-state index is 12.1. The molecule has 3 atom stereocenters. The smallest absolute Gasteiger partial charge is 0.331 e. The van der Waals surface area contributed by atoms with Gasteiger partial charge in [0.2, 0.25) is 0 Å². The highest BCUT2D eigenvalue weighted by atomic mass is 16.5. The van der Waals surface area contributed by atoms with E-state index >= 15 is 0 Å². The molecule has 2 fully saturated rings. The maximum Gasteiger partial charge on any atom is 0.331 e. The van der Waals surface area contributed by atoms with E-state index in [4.69, 9.17) is 9.84 Å². The zero-order valence-corrected chi connectivity index (χ0v) is 10.2. The normalized spacial score (nSPS) is 32.7. The molecule has 0 spiro atoms. The Labute approximate surface area is 105 Å². The molecule has 0 bridgehead atoms. The number of hydrogen-bond donors (Lipinski definition) is 1. The first kappa shape index (κ1) is 12.8. The van der Waals surface area contributed by atoms with E-state index < -0.39 is 12.1 Å². The fourth-order valence-electron chi connectivity index (χ4n) is 2.65. The molecule has 0 amide bonds. The first-order valence-corrected chi connectivity index (χ1v) is 6.16. The van der Waals surface area contributed by atoms with Crippen LogP contribution in [-0.4, -0.2) is 28.9 Å². The summed E-state index contributed by atoms with van der Waals surface area (Å²) >= 11 is 0. The second-order valence-corrected chi connectivity index (χ2v) is 4.91. The first-order valence-electron chi connectivity index (χ1n) is 6.16. The number of esters is 1. The van der Waals surface area contributed by atoms with Gasteiger partial charge in [0.1, 0.15) is 0 Å². The van der Waals surface area contributed by atoms with Gasteiger partial charge >= 0.3 is 11.9 Å². The Hall–Kier alpha value is -1.65. The first-order chi connectivity index (χ1) is 8.50. The molecule has 5 heteroatoms. The van der Waals surface area contributed by atoms with Gasteiger partial charge in [-0.1, -0.05) is 12.8 Å². The zero-order valence-electron chi connectivity index (χ0n) is 10.2. The van der Waals surface area contributed by atoms with Crippen molar-refractivity contribution in [2.24, 2.45) is 11.8 Å². The molecule has 1 aliphatic carbocycles. The van der Waals surface area contributed by atoms with E-state index in [1.54, 1.807) is 0 Å². The van der Waals surface area contributed by atoms with Gasteiger partial charge in [0.05, 0.1) is 5.92 Å². The minimum absolute atomic E-state index is 0.0235. The highest BCUT2D eigenvalue weighted by Gasteiger charge is 2.45. The van der Waals surface area contributed by atoms with Crippen LogP contribution in [0.25, 0.3) is 0 Å². The Morgan fingerprint density at radius 3 is 2.50 bits per heavy atom. The number of carboxylic acid groups (broad SMARTS) is 1. The second kappa shape index (κ2) is 4.92. The number of ketones is 1. The lowest BCUT2D eigenvalue weighted by molar-refractivity contribution is -0.170. The van der Waals surface area contributed by atoms with Gasteiger partial charge in [-0.2, -0.15) is 0 Å². The fourth-order valence-corrected chi connectivity index (χ4v) is 2.65. The summed E-state index contributed by atoms with van der Waals surface area (Å²) in [6.45, 7) is 1.39. The van der Waals surface area contributed by atoms with Crippen LogP contribution in [0.5, 0.6) is 0 Å². The Kier molecular flexibility index (Phi) is 3.50. The summed E-state index contributed by atoms with van der Waals surface area (Å²) in [5.41, 5.74) is 0.0235. The topological polar surface area (TPSA) is 80.7 Å². The number of carbonyl (C=O) groups is 3. The van der Waals surface area contributed by atoms with Gasteiger partial charge in [0, 0.05) is 11.5 Å². The lowest BCUT2D eigenvalue weighted by Crippen LogP contribution is -2.46. The van der Waals surface area contributed by atoms with Crippen LogP contribution in [0.3, 0.4) is 0 Å². The van der Waals surface area contributed by atoms with Crippen LogP contribution >= 0.6 is 0 Å². The number of carbonyl (C=O) groups excluding carboxylic acids is 2. The third-order valence-corrected chi connectivity index (χ3v) is 3.70. The van der Waals surface area contributed by atoms with Gasteiger partial charge < -0.3 is 9.84 Å². The van der Waals surface area contributed by atoms with E-state index in [-0.39, 0.29) is 29.2 Å². The largest absolute Gasteiger partial charge is 0.478 e. The summed E-state index contributed by atoms with van der Waals surface area (Å²) in [6, 6.07) is 0. The Morgan fingerprint density at radius 1 is 1.28 bits per heavy atom. The van der Waals surface area contributed by atoms with Crippen molar-refractivity contribution in [3.8, 4) is 0 Å². The molecule has 1 saturated heterocycles. The van der Waals surface area contributed by atoms with E-state index in [1.165, 1.54) is 13.0 Å². The van der Waals surface area contributed by atoms with Crippen LogP contribution in [0.1, 0.15) is 32.6 Å². The van der Waals surface area contributed by atoms with Crippen molar-refractivity contribution in [1.29, 1.82) is 0 Å². The number of rotatable bonds is 2. The standard InChI is InChI=1S/C13H16O5/c1-7(12(15)16)6-10-11(14)8-4-2-3-5-9(8)13(17)18-10/h6,8-10H,2-5H2,1H3,(H,15,16). The molecule has 98 valence electrons. The van der Waals surface area contributed by atoms with Gasteiger partial charge in [-0.05, 0) is 25.8 Å². The number of hydrogen-bond acceptors (Lipinski definition) is 4. The molecule has 0 aromatic carbocycles. The summed E-state index contributed by atoms with van der Waals surface area (Å²) in [4.78, 5) is 34.7. The summed E-state index contributed by atoms with van der Waals surface area (Å²) in [6.07, 6.45) is 3.49. The molecular formula is C13H16O5. The zero-order chi connectivity index (χ0) is 13.3. The van der Waals surface area contributed by atoms with Crippen molar-refractivity contribution in [2.45, 2.75) is 38.7 Å². The molecular weight excluding hydrogens is 236 g/mol. The summed E-state index contributed by atoms with van der Waals surface area (Å²) in [5.74, 6) is -2.23. The molecule has 3 unspecified atom stereocenters. The number of fused-ring (bicyclic) bond motifs is 1. The van der Waals surface area contributed by atoms with Crippen LogP contribution in [0.4, 0.5) is 0 Å². The van der Waals surface area contributed by atoms with E-state index in [2.05, 4.69) is 0 Å². The predicted molar refractivity (Wildman–Crippen MR) is 61.7 cm³/mol. The quantitative estimate of drug-likeness (QED) is 0.592. The van der Waals surface area contributed by atoms with Crippen molar-refractivity contribution in [3.05, 3.63) is 11.6 Å². The minimum atomic E-state index is -1.11. The minimum Gasteiger partial charge on any atom is -0.478 e. The van der Waals surface area contributed by atoms with Gasteiger partial charge in [0.25, 0.3) is 0 Å². The molecule has 2 rings (SSSR count). The SMILES string of the molecule is CC(=CC1OC(=O)C2CCCCC2C1=O)C(=O)O. The van der Waals surface area contributed by atoms with Gasteiger partial charge in [-0.3, -0.25) is 9.59 Å². The van der Waals surface area contributed by atoms with Crippen molar-refractivity contribution >= 4 is 17.7 Å². The molecule has 1 saturated carbocycles. The average Bonchev–Trinajstić information content (AvgIpc) is 2.35. The van der Waals surface area contributed by atoms with Crippen LogP contribution in [0.2, 0.25) is 0 Å². The van der Waals surface area contributed by atoms with Crippen LogP contribution in [-0.2, 0) is 19.1 Å². The average molecular weight is 252 g/mol. The Morgan fingerprint density at radius 2 is 1.89 bits per heavy atom. The monoisotopic (exact) mass is 252 g/mol. The van der Waals surface area contributed by atoms with E-state index in [0.29, 0.717) is 12.8 Å². The highest BCUT2D eigenvalue weighted by Crippen LogP contribution is 2.36. The molecule has 1 N–H and O–H groups in total. The van der Waals surface area contributed by atoms with E-state index in [1.807, 2.05) is 0 Å². The van der Waals surface area contributed by atoms with Gasteiger partial charge in [-0.15, -0.1) is 0 Å². The molecule has 1 heterocycles. The van der Waals surface area contributed by atoms with Crippen LogP contribution < -0.4 is 0 Å². The third kappa shape index (κ3) is 2.30.